The summed E-state index contributed by atoms with van der Waals surface area (Å²) in [6.45, 7) is 7.08. The third-order valence-electron chi connectivity index (χ3n) is 4.75. The van der Waals surface area contributed by atoms with Gasteiger partial charge in [-0.05, 0) is 45.7 Å². The molecule has 1 unspecified atom stereocenters. The number of carbonyl (C=O) groups is 3. The van der Waals surface area contributed by atoms with Crippen LogP contribution in [0, 0.1) is 5.92 Å². The number of pyridine rings is 1. The highest BCUT2D eigenvalue weighted by molar-refractivity contribution is 5.99. The molecule has 8 heteroatoms. The Morgan fingerprint density at radius 1 is 1.18 bits per heavy atom. The first-order chi connectivity index (χ1) is 13.2. The number of anilines is 1. The van der Waals surface area contributed by atoms with Crippen molar-refractivity contribution in [3.63, 3.8) is 0 Å². The molecule has 1 atom stereocenters. The van der Waals surface area contributed by atoms with Gasteiger partial charge in [-0.1, -0.05) is 0 Å². The highest BCUT2D eigenvalue weighted by atomic mass is 16.6. The quantitative estimate of drug-likeness (QED) is 0.620. The summed E-state index contributed by atoms with van der Waals surface area (Å²) in [6.07, 6.45) is 3.00. The monoisotopic (exact) mass is 389 g/mol. The molecule has 3 heterocycles. The van der Waals surface area contributed by atoms with Gasteiger partial charge in [0.2, 0.25) is 5.91 Å². The number of aromatic nitrogens is 1. The normalized spacial score (nSPS) is 21.2. The molecular formula is C20H27N3O5. The Balaban J connectivity index is 1.51. The second-order valence-corrected chi connectivity index (χ2v) is 8.20. The van der Waals surface area contributed by atoms with Crippen molar-refractivity contribution in [1.29, 1.82) is 0 Å². The lowest BCUT2D eigenvalue weighted by molar-refractivity contribution is -0.160. The minimum Gasteiger partial charge on any atom is -0.479 e. The van der Waals surface area contributed by atoms with Gasteiger partial charge in [0.25, 0.3) is 5.91 Å². The number of esters is 1. The Labute approximate surface area is 164 Å². The first-order valence-corrected chi connectivity index (χ1v) is 9.65. The molecular weight excluding hydrogens is 362 g/mol. The molecule has 2 fully saturated rings. The molecule has 0 spiro atoms. The van der Waals surface area contributed by atoms with Crippen molar-refractivity contribution >= 4 is 23.6 Å². The van der Waals surface area contributed by atoms with Crippen LogP contribution in [0.1, 0.15) is 46.5 Å². The van der Waals surface area contributed by atoms with Gasteiger partial charge in [0.1, 0.15) is 17.2 Å². The highest BCUT2D eigenvalue weighted by Crippen LogP contribution is 2.26. The molecule has 1 N–H and O–H groups in total. The fourth-order valence-electron chi connectivity index (χ4n) is 3.31. The first kappa shape index (κ1) is 20.1. The molecule has 1 aromatic heterocycles. The van der Waals surface area contributed by atoms with Gasteiger partial charge in [0, 0.05) is 25.9 Å². The van der Waals surface area contributed by atoms with Crippen LogP contribution >= 0.6 is 0 Å². The van der Waals surface area contributed by atoms with Crippen molar-refractivity contribution in [3.05, 3.63) is 18.3 Å². The molecule has 0 aliphatic carbocycles. The lowest BCUT2D eigenvalue weighted by atomic mass is 9.96. The largest absolute Gasteiger partial charge is 0.479 e. The Hall–Kier alpha value is -2.64. The van der Waals surface area contributed by atoms with Gasteiger partial charge in [0.15, 0.2) is 6.10 Å². The fourth-order valence-corrected chi connectivity index (χ4v) is 3.31. The second-order valence-electron chi connectivity index (χ2n) is 8.20. The zero-order valence-corrected chi connectivity index (χ0v) is 16.6. The molecule has 2 amide bonds. The smallest absolute Gasteiger partial charge is 0.309 e. The van der Waals surface area contributed by atoms with Gasteiger partial charge < -0.3 is 14.4 Å². The zero-order chi connectivity index (χ0) is 20.3. The topological polar surface area (TPSA) is 97.8 Å². The number of nitrogens with zero attached hydrogens (tertiary/aromatic N) is 2. The fraction of sp³-hybridized carbons (Fsp3) is 0.600. The number of hydrogen-bond donors (Lipinski definition) is 1. The van der Waals surface area contributed by atoms with Crippen LogP contribution in [0.2, 0.25) is 0 Å². The summed E-state index contributed by atoms with van der Waals surface area (Å²) >= 11 is 0. The lowest BCUT2D eigenvalue weighted by Crippen LogP contribution is -2.46. The molecule has 152 valence electrons. The Bertz CT molecular complexity index is 733. The minimum atomic E-state index is -0.671. The molecule has 0 bridgehead atoms. The van der Waals surface area contributed by atoms with E-state index in [9.17, 15) is 14.4 Å². The van der Waals surface area contributed by atoms with E-state index in [1.54, 1.807) is 12.3 Å². The minimum absolute atomic E-state index is 0.0781. The molecule has 0 aromatic carbocycles. The summed E-state index contributed by atoms with van der Waals surface area (Å²) in [5.41, 5.74) is -0.464. The van der Waals surface area contributed by atoms with Crippen LogP contribution in [-0.4, -0.2) is 47.6 Å². The van der Waals surface area contributed by atoms with E-state index < -0.39 is 17.6 Å². The maximum Gasteiger partial charge on any atom is 0.309 e. The van der Waals surface area contributed by atoms with Crippen LogP contribution < -0.4 is 15.0 Å². The molecule has 8 nitrogen and oxygen atoms in total. The van der Waals surface area contributed by atoms with Crippen molar-refractivity contribution < 1.29 is 23.9 Å². The van der Waals surface area contributed by atoms with Crippen LogP contribution in [0.4, 0.5) is 5.82 Å². The number of carbonyl (C=O) groups excluding carboxylic acids is 3. The first-order valence-electron chi connectivity index (χ1n) is 9.65. The maximum absolute atomic E-state index is 12.2. The van der Waals surface area contributed by atoms with Crippen LogP contribution in [0.3, 0.4) is 0 Å². The predicted octanol–water partition coefficient (Wildman–Crippen LogP) is 1.82. The van der Waals surface area contributed by atoms with E-state index >= 15 is 0 Å². The predicted molar refractivity (Wildman–Crippen MR) is 102 cm³/mol. The standard InChI is InChI=1S/C20H27N3O5/c1-20(2,3)28-19(26)13-8-10-23(11-9-13)16-6-4-14(12-21-16)27-15-5-7-17(24)22-18(15)25/h4,6,12-13,15H,5,7-11H2,1-3H3,(H,22,24,25). The van der Waals surface area contributed by atoms with Crippen molar-refractivity contribution in [3.8, 4) is 5.75 Å². The third-order valence-corrected chi connectivity index (χ3v) is 4.75. The molecule has 0 saturated carbocycles. The molecule has 2 aliphatic rings. The van der Waals surface area contributed by atoms with E-state index in [0.29, 0.717) is 12.2 Å². The van der Waals surface area contributed by atoms with E-state index in [0.717, 1.165) is 31.7 Å². The van der Waals surface area contributed by atoms with E-state index in [4.69, 9.17) is 9.47 Å². The molecule has 28 heavy (non-hydrogen) atoms. The van der Waals surface area contributed by atoms with Crippen LogP contribution in [-0.2, 0) is 19.1 Å². The van der Waals surface area contributed by atoms with Gasteiger partial charge in [-0.15, -0.1) is 0 Å². The lowest BCUT2D eigenvalue weighted by Gasteiger charge is -2.33. The number of piperidine rings is 2. The van der Waals surface area contributed by atoms with Gasteiger partial charge in [0.05, 0.1) is 12.1 Å². The second kappa shape index (κ2) is 8.16. The molecule has 3 rings (SSSR count). The van der Waals surface area contributed by atoms with E-state index in [2.05, 4.69) is 15.2 Å². The highest BCUT2D eigenvalue weighted by Gasteiger charge is 2.30. The van der Waals surface area contributed by atoms with Gasteiger partial charge in [-0.25, -0.2) is 4.98 Å². The van der Waals surface area contributed by atoms with Crippen molar-refractivity contribution in [2.45, 2.75) is 58.2 Å². The van der Waals surface area contributed by atoms with Crippen LogP contribution in [0.5, 0.6) is 5.75 Å². The van der Waals surface area contributed by atoms with Crippen LogP contribution in [0.25, 0.3) is 0 Å². The summed E-state index contributed by atoms with van der Waals surface area (Å²) < 4.78 is 11.1. The molecule has 2 saturated heterocycles. The van der Waals surface area contributed by atoms with E-state index in [-0.39, 0.29) is 24.2 Å². The zero-order valence-electron chi connectivity index (χ0n) is 16.6. The Morgan fingerprint density at radius 2 is 1.89 bits per heavy atom. The summed E-state index contributed by atoms with van der Waals surface area (Å²) in [4.78, 5) is 41.7. The van der Waals surface area contributed by atoms with Crippen molar-refractivity contribution in [1.82, 2.24) is 10.3 Å². The average molecular weight is 389 g/mol. The number of rotatable bonds is 4. The Kier molecular flexibility index (Phi) is 5.86. The summed E-state index contributed by atoms with van der Waals surface area (Å²) in [6, 6.07) is 3.61. The Morgan fingerprint density at radius 3 is 2.46 bits per heavy atom. The number of imide groups is 1. The van der Waals surface area contributed by atoms with Crippen molar-refractivity contribution in [2.24, 2.45) is 5.92 Å². The number of ether oxygens (including phenoxy) is 2. The number of amides is 2. The molecule has 0 radical (unpaired) electrons. The van der Waals surface area contributed by atoms with Gasteiger partial charge in [-0.3, -0.25) is 19.7 Å². The SMILES string of the molecule is CC(C)(C)OC(=O)C1CCN(c2ccc(OC3CCC(=O)NC3=O)cn2)CC1. The summed E-state index contributed by atoms with van der Waals surface area (Å²) in [5, 5.41) is 2.27. The van der Waals surface area contributed by atoms with E-state index in [1.165, 1.54) is 0 Å². The van der Waals surface area contributed by atoms with Gasteiger partial charge in [-0.2, -0.15) is 0 Å². The average Bonchev–Trinajstić information content (AvgIpc) is 2.63. The summed E-state index contributed by atoms with van der Waals surface area (Å²) in [5.74, 6) is 0.400. The van der Waals surface area contributed by atoms with Crippen molar-refractivity contribution in [2.75, 3.05) is 18.0 Å². The summed E-state index contributed by atoms with van der Waals surface area (Å²) in [7, 11) is 0. The van der Waals surface area contributed by atoms with Gasteiger partial charge >= 0.3 is 5.97 Å². The number of nitrogens with one attached hydrogen (secondary N) is 1. The molecule has 2 aliphatic heterocycles. The van der Waals surface area contributed by atoms with Crippen LogP contribution in [0.15, 0.2) is 18.3 Å². The number of hydrogen-bond acceptors (Lipinski definition) is 7. The third kappa shape index (κ3) is 5.21. The van der Waals surface area contributed by atoms with E-state index in [1.807, 2.05) is 26.8 Å². The maximum atomic E-state index is 12.2. The molecule has 1 aromatic rings.